The van der Waals surface area contributed by atoms with Gasteiger partial charge in [-0.2, -0.15) is 0 Å². The van der Waals surface area contributed by atoms with Gasteiger partial charge >= 0.3 is 0 Å². The third-order valence-corrected chi connectivity index (χ3v) is 2.47. The molecule has 0 saturated heterocycles. The van der Waals surface area contributed by atoms with Crippen molar-refractivity contribution in [3.05, 3.63) is 36.3 Å². The van der Waals surface area contributed by atoms with E-state index in [4.69, 9.17) is 10.3 Å². The number of nitrogens with one attached hydrogen (secondary N) is 1. The molecule has 1 aromatic carbocycles. The van der Waals surface area contributed by atoms with E-state index in [9.17, 15) is 4.39 Å². The number of hydrogen-bond acceptors (Lipinski definition) is 3. The highest BCUT2D eigenvalue weighted by atomic mass is 19.1. The maximum Gasteiger partial charge on any atom is 0.222 e. The predicted molar refractivity (Wildman–Crippen MR) is 58.2 cm³/mol. The number of fused-ring (bicyclic) bond motifs is 1. The number of halogens is 1. The smallest absolute Gasteiger partial charge is 0.222 e. The summed E-state index contributed by atoms with van der Waals surface area (Å²) in [6, 6.07) is 6.47. The number of aromatic nitrogens is 2. The van der Waals surface area contributed by atoms with Crippen LogP contribution in [0.5, 0.6) is 0 Å². The number of nitrogen functional groups attached to an aromatic ring is 1. The van der Waals surface area contributed by atoms with Crippen molar-refractivity contribution in [3.8, 4) is 11.3 Å². The second-order valence-electron chi connectivity index (χ2n) is 3.48. The Labute approximate surface area is 89.9 Å². The first-order valence-electron chi connectivity index (χ1n) is 4.74. The van der Waals surface area contributed by atoms with Gasteiger partial charge in [0.05, 0.1) is 5.52 Å². The van der Waals surface area contributed by atoms with Crippen molar-refractivity contribution in [3.63, 3.8) is 0 Å². The quantitative estimate of drug-likeness (QED) is 0.658. The largest absolute Gasteiger partial charge is 0.368 e. The fraction of sp³-hybridized carbons (Fsp3) is 0. The fourth-order valence-electron chi connectivity index (χ4n) is 1.75. The van der Waals surface area contributed by atoms with Crippen molar-refractivity contribution in [1.82, 2.24) is 10.1 Å². The zero-order chi connectivity index (χ0) is 11.1. The van der Waals surface area contributed by atoms with Gasteiger partial charge in [-0.25, -0.2) is 4.39 Å². The molecule has 0 amide bonds. The molecule has 0 bridgehead atoms. The van der Waals surface area contributed by atoms with E-state index >= 15 is 0 Å². The minimum absolute atomic E-state index is 0.237. The molecule has 0 aliphatic heterocycles. The van der Waals surface area contributed by atoms with Gasteiger partial charge in [0.25, 0.3) is 0 Å². The molecule has 3 aromatic rings. The predicted octanol–water partition coefficient (Wildman–Crippen LogP) is 2.54. The van der Waals surface area contributed by atoms with E-state index in [1.807, 2.05) is 6.07 Å². The normalized spacial score (nSPS) is 11.1. The van der Waals surface area contributed by atoms with Crippen LogP contribution in [0.25, 0.3) is 22.2 Å². The lowest BCUT2D eigenvalue weighted by atomic mass is 10.1. The molecule has 2 heterocycles. The molecule has 0 radical (unpaired) electrons. The number of benzene rings is 1. The van der Waals surface area contributed by atoms with E-state index in [0.717, 1.165) is 10.9 Å². The Bertz CT molecular complexity index is 656. The van der Waals surface area contributed by atoms with Crippen LogP contribution in [0.4, 0.5) is 10.3 Å². The lowest BCUT2D eigenvalue weighted by Gasteiger charge is -1.93. The van der Waals surface area contributed by atoms with Crippen LogP contribution in [0.2, 0.25) is 0 Å². The van der Waals surface area contributed by atoms with Crippen LogP contribution in [-0.2, 0) is 0 Å². The lowest BCUT2D eigenvalue weighted by molar-refractivity contribution is 0.439. The number of anilines is 1. The maximum atomic E-state index is 13.4. The molecule has 0 aliphatic carbocycles. The third-order valence-electron chi connectivity index (χ3n) is 2.47. The van der Waals surface area contributed by atoms with Gasteiger partial charge in [-0.3, -0.25) is 0 Å². The zero-order valence-electron chi connectivity index (χ0n) is 8.20. The van der Waals surface area contributed by atoms with Crippen molar-refractivity contribution >= 4 is 16.8 Å². The molecule has 5 heteroatoms. The Morgan fingerprint density at radius 3 is 3.00 bits per heavy atom. The number of nitrogens with two attached hydrogens (primary N) is 1. The van der Waals surface area contributed by atoms with E-state index < -0.39 is 0 Å². The number of H-pyrrole nitrogens is 1. The van der Waals surface area contributed by atoms with Gasteiger partial charge in [0.2, 0.25) is 5.88 Å². The van der Waals surface area contributed by atoms with Crippen LogP contribution >= 0.6 is 0 Å². The van der Waals surface area contributed by atoms with Gasteiger partial charge in [-0.1, -0.05) is 17.3 Å². The SMILES string of the molecule is Nc1cc(-c2c[nH]c3c(F)cccc23)no1. The van der Waals surface area contributed by atoms with Crippen molar-refractivity contribution in [2.75, 3.05) is 5.73 Å². The second kappa shape index (κ2) is 3.10. The first kappa shape index (κ1) is 8.96. The highest BCUT2D eigenvalue weighted by molar-refractivity contribution is 5.94. The van der Waals surface area contributed by atoms with Crippen molar-refractivity contribution in [2.45, 2.75) is 0 Å². The molecule has 0 spiro atoms. The Balaban J connectivity index is 2.29. The summed E-state index contributed by atoms with van der Waals surface area (Å²) in [6.45, 7) is 0. The molecule has 0 unspecified atom stereocenters. The Morgan fingerprint density at radius 2 is 2.25 bits per heavy atom. The molecule has 2 aromatic heterocycles. The summed E-state index contributed by atoms with van der Waals surface area (Å²) < 4.78 is 18.2. The molecule has 0 saturated carbocycles. The Hall–Kier alpha value is -2.30. The van der Waals surface area contributed by atoms with E-state index in [0.29, 0.717) is 11.2 Å². The summed E-state index contributed by atoms with van der Waals surface area (Å²) in [6.07, 6.45) is 1.69. The zero-order valence-corrected chi connectivity index (χ0v) is 8.20. The molecule has 4 nitrogen and oxygen atoms in total. The van der Waals surface area contributed by atoms with Crippen LogP contribution in [-0.4, -0.2) is 10.1 Å². The van der Waals surface area contributed by atoms with E-state index in [-0.39, 0.29) is 11.7 Å². The van der Waals surface area contributed by atoms with Crippen molar-refractivity contribution < 1.29 is 8.91 Å². The summed E-state index contributed by atoms with van der Waals surface area (Å²) in [7, 11) is 0. The van der Waals surface area contributed by atoms with Crippen molar-refractivity contribution in [1.29, 1.82) is 0 Å². The monoisotopic (exact) mass is 217 g/mol. The molecule has 80 valence electrons. The van der Waals surface area contributed by atoms with Crippen LogP contribution in [0.3, 0.4) is 0 Å². The third kappa shape index (κ3) is 1.18. The summed E-state index contributed by atoms with van der Waals surface area (Å²) in [5.41, 5.74) is 7.27. The van der Waals surface area contributed by atoms with Gasteiger partial charge in [0.1, 0.15) is 11.5 Å². The Morgan fingerprint density at radius 1 is 1.38 bits per heavy atom. The highest BCUT2D eigenvalue weighted by Crippen LogP contribution is 2.29. The summed E-state index contributed by atoms with van der Waals surface area (Å²) in [4.78, 5) is 2.87. The summed E-state index contributed by atoms with van der Waals surface area (Å²) in [5, 5.41) is 4.55. The highest BCUT2D eigenvalue weighted by Gasteiger charge is 2.11. The number of aromatic amines is 1. The van der Waals surface area contributed by atoms with Gasteiger partial charge in [0.15, 0.2) is 0 Å². The summed E-state index contributed by atoms with van der Waals surface area (Å²) >= 11 is 0. The van der Waals surface area contributed by atoms with Gasteiger partial charge in [-0.15, -0.1) is 0 Å². The average Bonchev–Trinajstić information content (AvgIpc) is 2.84. The van der Waals surface area contributed by atoms with E-state index in [1.54, 1.807) is 18.3 Å². The number of para-hydroxylation sites is 1. The fourth-order valence-corrected chi connectivity index (χ4v) is 1.75. The van der Waals surface area contributed by atoms with Crippen LogP contribution in [0.1, 0.15) is 0 Å². The number of nitrogens with zero attached hydrogens (tertiary/aromatic N) is 1. The van der Waals surface area contributed by atoms with E-state index in [1.165, 1.54) is 6.07 Å². The summed E-state index contributed by atoms with van der Waals surface area (Å²) in [5.74, 6) is -0.0547. The van der Waals surface area contributed by atoms with E-state index in [2.05, 4.69) is 10.1 Å². The van der Waals surface area contributed by atoms with Crippen LogP contribution in [0, 0.1) is 5.82 Å². The van der Waals surface area contributed by atoms with Crippen LogP contribution < -0.4 is 5.73 Å². The second-order valence-corrected chi connectivity index (χ2v) is 3.48. The van der Waals surface area contributed by atoms with Gasteiger partial charge in [0, 0.05) is 23.2 Å². The molecule has 0 aliphatic rings. The Kier molecular flexibility index (Phi) is 1.73. The first-order chi connectivity index (χ1) is 7.75. The molecule has 0 atom stereocenters. The molecule has 0 fully saturated rings. The minimum Gasteiger partial charge on any atom is -0.368 e. The first-order valence-corrected chi connectivity index (χ1v) is 4.74. The molecule has 3 N–H and O–H groups in total. The topological polar surface area (TPSA) is 67.8 Å². The lowest BCUT2D eigenvalue weighted by Crippen LogP contribution is -1.77. The van der Waals surface area contributed by atoms with Crippen LogP contribution in [0.15, 0.2) is 35.0 Å². The van der Waals surface area contributed by atoms with Gasteiger partial charge < -0.3 is 15.2 Å². The average molecular weight is 217 g/mol. The molecular weight excluding hydrogens is 209 g/mol. The minimum atomic E-state index is -0.291. The molecule has 3 rings (SSSR count). The molecular formula is C11H8FN3O. The van der Waals surface area contributed by atoms with Crippen molar-refractivity contribution in [2.24, 2.45) is 0 Å². The standard InChI is InChI=1S/C11H8FN3O/c12-8-3-1-2-6-7(5-14-11(6)8)9-4-10(13)16-15-9/h1-5,14H,13H2. The molecule has 16 heavy (non-hydrogen) atoms. The van der Waals surface area contributed by atoms with Gasteiger partial charge in [-0.05, 0) is 6.07 Å². The number of rotatable bonds is 1. The number of hydrogen-bond donors (Lipinski definition) is 2. The maximum absolute atomic E-state index is 13.4.